The molecule has 3 heteroatoms. The molecule has 0 fully saturated rings. The zero-order valence-corrected chi connectivity index (χ0v) is 11.3. The molecule has 1 N–H and O–H groups in total. The highest BCUT2D eigenvalue weighted by Crippen LogP contribution is 2.30. The van der Waals surface area contributed by atoms with Crippen molar-refractivity contribution in [2.24, 2.45) is 0 Å². The average Bonchev–Trinajstić information content (AvgIpc) is 2.36. The fourth-order valence-corrected chi connectivity index (χ4v) is 2.20. The second kappa shape index (κ2) is 5.49. The first-order valence-electron chi connectivity index (χ1n) is 6.25. The minimum atomic E-state index is -0.316. The van der Waals surface area contributed by atoms with Gasteiger partial charge in [0.1, 0.15) is 11.6 Å². The van der Waals surface area contributed by atoms with E-state index in [1.165, 1.54) is 24.3 Å². The zero-order chi connectivity index (χ0) is 14.0. The molecule has 2 aromatic rings. The molecule has 1 unspecified atom stereocenters. The van der Waals surface area contributed by atoms with Crippen LogP contribution in [0.4, 0.5) is 8.78 Å². The fraction of sp³-hybridized carbons (Fsp3) is 0.250. The summed E-state index contributed by atoms with van der Waals surface area (Å²) in [5, 5.41) is 3.12. The van der Waals surface area contributed by atoms with E-state index in [0.29, 0.717) is 5.56 Å². The van der Waals surface area contributed by atoms with Gasteiger partial charge in [-0.15, -0.1) is 0 Å². The lowest BCUT2D eigenvalue weighted by Gasteiger charge is -2.16. The van der Waals surface area contributed by atoms with E-state index in [1.54, 1.807) is 6.07 Å². The van der Waals surface area contributed by atoms with Crippen molar-refractivity contribution in [3.05, 3.63) is 59.2 Å². The summed E-state index contributed by atoms with van der Waals surface area (Å²) in [4.78, 5) is 0. The fourth-order valence-electron chi connectivity index (χ4n) is 2.20. The van der Waals surface area contributed by atoms with Gasteiger partial charge >= 0.3 is 0 Å². The van der Waals surface area contributed by atoms with Crippen molar-refractivity contribution in [1.82, 2.24) is 5.32 Å². The zero-order valence-electron chi connectivity index (χ0n) is 11.3. The Morgan fingerprint density at radius 3 is 2.37 bits per heavy atom. The second-order valence-corrected chi connectivity index (χ2v) is 4.76. The summed E-state index contributed by atoms with van der Waals surface area (Å²) in [6.07, 6.45) is 0. The number of nitrogens with one attached hydrogen (secondary N) is 1. The van der Waals surface area contributed by atoms with E-state index in [4.69, 9.17) is 0 Å². The molecule has 0 heterocycles. The maximum atomic E-state index is 13.5. The highest BCUT2D eigenvalue weighted by Gasteiger charge is 2.12. The second-order valence-electron chi connectivity index (χ2n) is 4.76. The molecule has 0 bridgehead atoms. The third kappa shape index (κ3) is 2.99. The highest BCUT2D eigenvalue weighted by atomic mass is 19.1. The van der Waals surface area contributed by atoms with Crippen LogP contribution < -0.4 is 5.32 Å². The number of rotatable bonds is 3. The van der Waals surface area contributed by atoms with Crippen molar-refractivity contribution in [3.8, 4) is 11.1 Å². The van der Waals surface area contributed by atoms with Crippen LogP contribution in [-0.2, 0) is 0 Å². The molecular formula is C16H17F2N. The molecule has 0 radical (unpaired) electrons. The van der Waals surface area contributed by atoms with Gasteiger partial charge in [0.05, 0.1) is 0 Å². The van der Waals surface area contributed by atoms with Gasteiger partial charge in [-0.2, -0.15) is 0 Å². The van der Waals surface area contributed by atoms with Crippen LogP contribution in [0, 0.1) is 18.6 Å². The van der Waals surface area contributed by atoms with Crippen LogP contribution in [-0.4, -0.2) is 7.05 Å². The third-order valence-corrected chi connectivity index (χ3v) is 3.27. The predicted molar refractivity (Wildman–Crippen MR) is 74.0 cm³/mol. The number of hydrogen-bond donors (Lipinski definition) is 1. The van der Waals surface area contributed by atoms with E-state index in [2.05, 4.69) is 5.32 Å². The summed E-state index contributed by atoms with van der Waals surface area (Å²) in [6.45, 7) is 3.82. The van der Waals surface area contributed by atoms with Crippen LogP contribution in [0.15, 0.2) is 36.4 Å². The summed E-state index contributed by atoms with van der Waals surface area (Å²) >= 11 is 0. The van der Waals surface area contributed by atoms with Crippen molar-refractivity contribution < 1.29 is 8.78 Å². The largest absolute Gasteiger partial charge is 0.313 e. The first-order valence-corrected chi connectivity index (χ1v) is 6.25. The van der Waals surface area contributed by atoms with Gasteiger partial charge in [-0.1, -0.05) is 12.1 Å². The van der Waals surface area contributed by atoms with Crippen LogP contribution >= 0.6 is 0 Å². The van der Waals surface area contributed by atoms with Gasteiger partial charge in [-0.05, 0) is 67.4 Å². The molecule has 100 valence electrons. The molecule has 0 aromatic heterocycles. The third-order valence-electron chi connectivity index (χ3n) is 3.27. The minimum absolute atomic E-state index is 0.0687. The molecule has 0 saturated carbocycles. The Labute approximate surface area is 112 Å². The first-order chi connectivity index (χ1) is 9.01. The van der Waals surface area contributed by atoms with E-state index in [-0.39, 0.29) is 17.7 Å². The number of hydrogen-bond acceptors (Lipinski definition) is 1. The Kier molecular flexibility index (Phi) is 3.96. The Bertz CT molecular complexity index is 573. The lowest BCUT2D eigenvalue weighted by atomic mass is 9.94. The quantitative estimate of drug-likeness (QED) is 0.872. The summed E-state index contributed by atoms with van der Waals surface area (Å²) in [5.74, 6) is -0.619. The number of halogens is 2. The SMILES string of the molecule is CNC(C)c1ccc(F)cc1-c1cc(C)cc(F)c1. The monoisotopic (exact) mass is 261 g/mol. The van der Waals surface area contributed by atoms with Crippen molar-refractivity contribution >= 4 is 0 Å². The summed E-state index contributed by atoms with van der Waals surface area (Å²) in [7, 11) is 1.84. The molecule has 0 spiro atoms. The summed E-state index contributed by atoms with van der Waals surface area (Å²) < 4.78 is 27.0. The molecule has 19 heavy (non-hydrogen) atoms. The van der Waals surface area contributed by atoms with E-state index >= 15 is 0 Å². The highest BCUT2D eigenvalue weighted by molar-refractivity contribution is 5.68. The molecule has 2 rings (SSSR count). The van der Waals surface area contributed by atoms with E-state index in [0.717, 1.165) is 16.7 Å². The average molecular weight is 261 g/mol. The molecule has 0 amide bonds. The topological polar surface area (TPSA) is 12.0 Å². The molecule has 2 aromatic carbocycles. The molecule has 0 aliphatic carbocycles. The van der Waals surface area contributed by atoms with Crippen LogP contribution in [0.1, 0.15) is 24.1 Å². The lowest BCUT2D eigenvalue weighted by molar-refractivity contribution is 0.618. The predicted octanol–water partition coefficient (Wildman–Crippen LogP) is 4.22. The van der Waals surface area contributed by atoms with Gasteiger partial charge in [-0.25, -0.2) is 8.78 Å². The Morgan fingerprint density at radius 1 is 1.00 bits per heavy atom. The normalized spacial score (nSPS) is 12.5. The van der Waals surface area contributed by atoms with Crippen molar-refractivity contribution in [1.29, 1.82) is 0 Å². The van der Waals surface area contributed by atoms with Gasteiger partial charge in [0.25, 0.3) is 0 Å². The van der Waals surface area contributed by atoms with Crippen molar-refractivity contribution in [2.75, 3.05) is 7.05 Å². The maximum Gasteiger partial charge on any atom is 0.124 e. The van der Waals surface area contributed by atoms with E-state index in [9.17, 15) is 8.78 Å². The Morgan fingerprint density at radius 2 is 1.74 bits per heavy atom. The van der Waals surface area contributed by atoms with E-state index in [1.807, 2.05) is 27.0 Å². The summed E-state index contributed by atoms with van der Waals surface area (Å²) in [6, 6.07) is 9.46. The maximum absolute atomic E-state index is 13.5. The van der Waals surface area contributed by atoms with Crippen LogP contribution in [0.2, 0.25) is 0 Å². The van der Waals surface area contributed by atoms with Crippen molar-refractivity contribution in [2.45, 2.75) is 19.9 Å². The number of aryl methyl sites for hydroxylation is 1. The van der Waals surface area contributed by atoms with Gasteiger partial charge < -0.3 is 5.32 Å². The van der Waals surface area contributed by atoms with Crippen LogP contribution in [0.3, 0.4) is 0 Å². The van der Waals surface area contributed by atoms with Gasteiger partial charge in [-0.3, -0.25) is 0 Å². The summed E-state index contributed by atoms with van der Waals surface area (Å²) in [5.41, 5.74) is 3.20. The molecule has 0 aliphatic heterocycles. The van der Waals surface area contributed by atoms with Gasteiger partial charge in [0.15, 0.2) is 0 Å². The number of benzene rings is 2. The Hall–Kier alpha value is -1.74. The van der Waals surface area contributed by atoms with Gasteiger partial charge in [0, 0.05) is 6.04 Å². The molecular weight excluding hydrogens is 244 g/mol. The molecule has 0 saturated heterocycles. The van der Waals surface area contributed by atoms with E-state index < -0.39 is 0 Å². The standard InChI is InChI=1S/C16H17F2N/c1-10-6-12(8-14(18)7-10)16-9-13(17)4-5-15(16)11(2)19-3/h4-9,11,19H,1-3H3. The Balaban J connectivity index is 2.62. The smallest absolute Gasteiger partial charge is 0.124 e. The van der Waals surface area contributed by atoms with Crippen molar-refractivity contribution in [3.63, 3.8) is 0 Å². The molecule has 0 aliphatic rings. The van der Waals surface area contributed by atoms with Crippen LogP contribution in [0.25, 0.3) is 11.1 Å². The first kappa shape index (κ1) is 13.7. The molecule has 1 atom stereocenters. The lowest BCUT2D eigenvalue weighted by Crippen LogP contribution is -2.13. The molecule has 1 nitrogen and oxygen atoms in total. The van der Waals surface area contributed by atoms with Crippen LogP contribution in [0.5, 0.6) is 0 Å². The minimum Gasteiger partial charge on any atom is -0.313 e. The van der Waals surface area contributed by atoms with Gasteiger partial charge in [0.2, 0.25) is 0 Å².